The summed E-state index contributed by atoms with van der Waals surface area (Å²) in [5.74, 6) is -1.19. The van der Waals surface area contributed by atoms with Gasteiger partial charge in [-0.2, -0.15) is 4.31 Å². The number of hydrogen-bond acceptors (Lipinski definition) is 5. The monoisotopic (exact) mass is 315 g/mol. The predicted molar refractivity (Wildman–Crippen MR) is 74.0 cm³/mol. The minimum Gasteiger partial charge on any atom is -0.495 e. The molecule has 1 aromatic rings. The molecule has 0 spiro atoms. The van der Waals surface area contributed by atoms with E-state index in [2.05, 4.69) is 0 Å². The highest BCUT2D eigenvalue weighted by molar-refractivity contribution is 7.89. The zero-order valence-corrected chi connectivity index (χ0v) is 12.6. The van der Waals surface area contributed by atoms with Crippen molar-refractivity contribution in [1.82, 2.24) is 4.31 Å². The van der Waals surface area contributed by atoms with Crippen LogP contribution in [0.25, 0.3) is 0 Å². The fourth-order valence-corrected chi connectivity index (χ4v) is 3.96. The number of methoxy groups -OCH3 is 1. The lowest BCUT2D eigenvalue weighted by Crippen LogP contribution is -2.34. The average molecular weight is 315 g/mol. The van der Waals surface area contributed by atoms with Gasteiger partial charge in [-0.1, -0.05) is 0 Å². The van der Waals surface area contributed by atoms with E-state index in [9.17, 15) is 18.3 Å². The SMILES string of the molecule is COc1cc(C(=O)O)ccc1S(=O)(=O)N1CCC(C)(O)C1. The minimum absolute atomic E-state index is 0.000824. The smallest absolute Gasteiger partial charge is 0.335 e. The Morgan fingerprint density at radius 2 is 2.10 bits per heavy atom. The van der Waals surface area contributed by atoms with Gasteiger partial charge in [-0.3, -0.25) is 0 Å². The second kappa shape index (κ2) is 5.28. The van der Waals surface area contributed by atoms with Crippen molar-refractivity contribution < 1.29 is 28.2 Å². The summed E-state index contributed by atoms with van der Waals surface area (Å²) in [6.45, 7) is 1.78. The lowest BCUT2D eigenvalue weighted by molar-refractivity contribution is 0.0695. The van der Waals surface area contributed by atoms with Crippen LogP contribution in [0.15, 0.2) is 23.1 Å². The molecule has 116 valence electrons. The van der Waals surface area contributed by atoms with Gasteiger partial charge in [0.15, 0.2) is 0 Å². The molecule has 7 nitrogen and oxygen atoms in total. The Hall–Kier alpha value is -1.64. The summed E-state index contributed by atoms with van der Waals surface area (Å²) in [6.07, 6.45) is 0.349. The Balaban J connectivity index is 2.43. The summed E-state index contributed by atoms with van der Waals surface area (Å²) in [5.41, 5.74) is -1.11. The van der Waals surface area contributed by atoms with Crippen molar-refractivity contribution in [3.05, 3.63) is 23.8 Å². The van der Waals surface area contributed by atoms with Gasteiger partial charge in [-0.25, -0.2) is 13.2 Å². The molecule has 1 atom stereocenters. The molecule has 1 aromatic carbocycles. The van der Waals surface area contributed by atoms with Gasteiger partial charge in [0.25, 0.3) is 0 Å². The van der Waals surface area contributed by atoms with Gasteiger partial charge in [0.1, 0.15) is 10.6 Å². The largest absolute Gasteiger partial charge is 0.495 e. The van der Waals surface area contributed by atoms with Crippen LogP contribution in [0.4, 0.5) is 0 Å². The van der Waals surface area contributed by atoms with Crippen LogP contribution in [0.3, 0.4) is 0 Å². The van der Waals surface area contributed by atoms with Gasteiger partial charge >= 0.3 is 5.97 Å². The molecule has 0 saturated carbocycles. The maximum atomic E-state index is 12.6. The van der Waals surface area contributed by atoms with Crippen molar-refractivity contribution >= 4 is 16.0 Å². The molecule has 0 aromatic heterocycles. The molecule has 0 amide bonds. The maximum absolute atomic E-state index is 12.6. The van der Waals surface area contributed by atoms with E-state index in [0.29, 0.717) is 6.42 Å². The van der Waals surface area contributed by atoms with E-state index < -0.39 is 21.6 Å². The number of carboxylic acid groups (broad SMARTS) is 1. The molecular formula is C13H17NO6S. The Bertz CT molecular complexity index is 667. The Kier molecular flexibility index (Phi) is 3.96. The zero-order chi connectivity index (χ0) is 15.8. The predicted octanol–water partition coefficient (Wildman–Crippen LogP) is 0.539. The van der Waals surface area contributed by atoms with E-state index in [1.165, 1.54) is 29.6 Å². The number of nitrogens with zero attached hydrogens (tertiary/aromatic N) is 1. The third-order valence-corrected chi connectivity index (χ3v) is 5.33. The number of β-amino-alcohol motifs (C(OH)–C–C–N with tert-alkyl or cyclic N) is 1. The maximum Gasteiger partial charge on any atom is 0.335 e. The van der Waals surface area contributed by atoms with Crippen molar-refractivity contribution in [2.24, 2.45) is 0 Å². The van der Waals surface area contributed by atoms with Gasteiger partial charge in [-0.15, -0.1) is 0 Å². The molecule has 0 bridgehead atoms. The van der Waals surface area contributed by atoms with Crippen LogP contribution < -0.4 is 4.74 Å². The van der Waals surface area contributed by atoms with E-state index in [1.54, 1.807) is 6.92 Å². The highest BCUT2D eigenvalue weighted by Gasteiger charge is 2.39. The molecule has 2 rings (SSSR count). The molecule has 2 N–H and O–H groups in total. The highest BCUT2D eigenvalue weighted by Crippen LogP contribution is 2.32. The Morgan fingerprint density at radius 3 is 2.57 bits per heavy atom. The first kappa shape index (κ1) is 15.7. The van der Waals surface area contributed by atoms with Crippen molar-refractivity contribution in [3.8, 4) is 5.75 Å². The number of aromatic carboxylic acids is 1. The first-order chi connectivity index (χ1) is 9.67. The van der Waals surface area contributed by atoms with Crippen LogP contribution in [-0.4, -0.2) is 54.7 Å². The topological polar surface area (TPSA) is 104 Å². The number of carboxylic acids is 1. The number of aliphatic hydroxyl groups is 1. The van der Waals surface area contributed by atoms with Crippen molar-refractivity contribution in [3.63, 3.8) is 0 Å². The number of sulfonamides is 1. The molecule has 1 saturated heterocycles. The highest BCUT2D eigenvalue weighted by atomic mass is 32.2. The summed E-state index contributed by atoms with van der Waals surface area (Å²) in [4.78, 5) is 10.8. The van der Waals surface area contributed by atoms with Crippen molar-refractivity contribution in [2.45, 2.75) is 23.8 Å². The molecule has 1 fully saturated rings. The second-order valence-corrected chi connectivity index (χ2v) is 7.16. The Morgan fingerprint density at radius 1 is 1.43 bits per heavy atom. The molecule has 8 heteroatoms. The van der Waals surface area contributed by atoms with E-state index in [4.69, 9.17) is 9.84 Å². The molecular weight excluding hydrogens is 298 g/mol. The molecule has 1 aliphatic heterocycles. The van der Waals surface area contributed by atoms with Crippen molar-refractivity contribution in [1.29, 1.82) is 0 Å². The zero-order valence-electron chi connectivity index (χ0n) is 11.7. The van der Waals surface area contributed by atoms with Gasteiger partial charge in [-0.05, 0) is 31.5 Å². The fraction of sp³-hybridized carbons (Fsp3) is 0.462. The molecule has 0 radical (unpaired) electrons. The Labute approximate surface area is 122 Å². The number of carbonyl (C=O) groups is 1. The second-order valence-electron chi connectivity index (χ2n) is 5.26. The summed E-state index contributed by atoms with van der Waals surface area (Å²) in [6, 6.07) is 3.60. The number of benzene rings is 1. The van der Waals surface area contributed by atoms with E-state index in [-0.39, 0.29) is 29.3 Å². The third kappa shape index (κ3) is 3.02. The summed E-state index contributed by atoms with van der Waals surface area (Å²) in [5, 5.41) is 18.8. The third-order valence-electron chi connectivity index (χ3n) is 3.45. The normalized spacial score (nSPS) is 23.2. The first-order valence-electron chi connectivity index (χ1n) is 6.31. The van der Waals surface area contributed by atoms with Crippen LogP contribution in [-0.2, 0) is 10.0 Å². The molecule has 1 unspecified atom stereocenters. The van der Waals surface area contributed by atoms with Gasteiger partial charge in [0.05, 0.1) is 18.3 Å². The summed E-state index contributed by atoms with van der Waals surface area (Å²) < 4.78 is 31.3. The summed E-state index contributed by atoms with van der Waals surface area (Å²) >= 11 is 0. The molecule has 1 heterocycles. The summed E-state index contributed by atoms with van der Waals surface area (Å²) in [7, 11) is -2.56. The number of hydrogen-bond donors (Lipinski definition) is 2. The lowest BCUT2D eigenvalue weighted by Gasteiger charge is -2.20. The van der Waals surface area contributed by atoms with Crippen LogP contribution in [0.2, 0.25) is 0 Å². The van der Waals surface area contributed by atoms with Crippen molar-refractivity contribution in [2.75, 3.05) is 20.2 Å². The van der Waals surface area contributed by atoms with Gasteiger partial charge < -0.3 is 14.9 Å². The first-order valence-corrected chi connectivity index (χ1v) is 7.75. The van der Waals surface area contributed by atoms with Gasteiger partial charge in [0, 0.05) is 13.1 Å². The average Bonchev–Trinajstić information content (AvgIpc) is 2.78. The molecule has 0 aliphatic carbocycles. The van der Waals surface area contributed by atoms with Crippen LogP contribution in [0, 0.1) is 0 Å². The lowest BCUT2D eigenvalue weighted by atomic mass is 10.1. The minimum atomic E-state index is -3.84. The van der Waals surface area contributed by atoms with E-state index in [0.717, 1.165) is 0 Å². The van der Waals surface area contributed by atoms with Gasteiger partial charge in [0.2, 0.25) is 10.0 Å². The quantitative estimate of drug-likeness (QED) is 0.840. The number of ether oxygens (including phenoxy) is 1. The fourth-order valence-electron chi connectivity index (χ4n) is 2.26. The molecule has 21 heavy (non-hydrogen) atoms. The van der Waals surface area contributed by atoms with Crippen LogP contribution >= 0.6 is 0 Å². The van der Waals surface area contributed by atoms with Crippen LogP contribution in [0.1, 0.15) is 23.7 Å². The molecule has 1 aliphatic rings. The standard InChI is InChI=1S/C13H17NO6S/c1-13(17)5-6-14(8-13)21(18,19)11-4-3-9(12(15)16)7-10(11)20-2/h3-4,7,17H,5-6,8H2,1-2H3,(H,15,16). The van der Waals surface area contributed by atoms with Crippen LogP contribution in [0.5, 0.6) is 5.75 Å². The van der Waals surface area contributed by atoms with E-state index in [1.807, 2.05) is 0 Å². The van der Waals surface area contributed by atoms with E-state index >= 15 is 0 Å². The number of rotatable bonds is 4.